The maximum absolute atomic E-state index is 12.4. The molecule has 0 heterocycles. The molecule has 4 heteroatoms. The van der Waals surface area contributed by atoms with Crippen molar-refractivity contribution in [3.8, 4) is 5.75 Å². The molecule has 0 saturated carbocycles. The van der Waals surface area contributed by atoms with Gasteiger partial charge in [0.1, 0.15) is 5.75 Å². The molecule has 22 heavy (non-hydrogen) atoms. The molecule has 1 amide bonds. The van der Waals surface area contributed by atoms with Gasteiger partial charge < -0.3 is 16.2 Å². The van der Waals surface area contributed by atoms with E-state index in [0.29, 0.717) is 24.4 Å². The molecule has 1 rings (SSSR count). The number of phenols is 1. The third-order valence-corrected chi connectivity index (χ3v) is 3.65. The van der Waals surface area contributed by atoms with Crippen LogP contribution < -0.4 is 11.1 Å². The second kappa shape index (κ2) is 6.69. The van der Waals surface area contributed by atoms with Crippen LogP contribution in [0.4, 0.5) is 0 Å². The number of benzene rings is 1. The Morgan fingerprint density at radius 2 is 1.55 bits per heavy atom. The van der Waals surface area contributed by atoms with Gasteiger partial charge in [0, 0.05) is 23.2 Å². The van der Waals surface area contributed by atoms with Gasteiger partial charge in [-0.05, 0) is 35.9 Å². The van der Waals surface area contributed by atoms with Crippen LogP contribution in [-0.4, -0.2) is 24.1 Å². The van der Waals surface area contributed by atoms with Crippen molar-refractivity contribution >= 4 is 5.91 Å². The van der Waals surface area contributed by atoms with Gasteiger partial charge in [0.05, 0.1) is 0 Å². The number of phenolic OH excluding ortho intramolecular Hbond substituents is 1. The van der Waals surface area contributed by atoms with Crippen LogP contribution in [0, 0.1) is 0 Å². The SMILES string of the molecule is CC(C)(C)c1cc(C(=O)NCCCN)cc(C(C)(C)C)c1O. The van der Waals surface area contributed by atoms with Gasteiger partial charge in [-0.2, -0.15) is 0 Å². The van der Waals surface area contributed by atoms with Crippen LogP contribution in [0.3, 0.4) is 0 Å². The maximum atomic E-state index is 12.4. The van der Waals surface area contributed by atoms with Gasteiger partial charge >= 0.3 is 0 Å². The van der Waals surface area contributed by atoms with Crippen LogP contribution >= 0.6 is 0 Å². The van der Waals surface area contributed by atoms with Crippen molar-refractivity contribution < 1.29 is 9.90 Å². The first-order valence-electron chi connectivity index (χ1n) is 7.84. The summed E-state index contributed by atoms with van der Waals surface area (Å²) < 4.78 is 0. The number of amides is 1. The first kappa shape index (κ1) is 18.5. The zero-order valence-corrected chi connectivity index (χ0v) is 14.7. The molecule has 0 saturated heterocycles. The lowest BCUT2D eigenvalue weighted by Gasteiger charge is -2.28. The Morgan fingerprint density at radius 3 is 1.91 bits per heavy atom. The lowest BCUT2D eigenvalue weighted by Crippen LogP contribution is -2.27. The van der Waals surface area contributed by atoms with E-state index in [9.17, 15) is 9.90 Å². The molecule has 1 aromatic carbocycles. The molecular weight excluding hydrogens is 276 g/mol. The van der Waals surface area contributed by atoms with Gasteiger partial charge in [-0.25, -0.2) is 0 Å². The Bertz CT molecular complexity index is 502. The van der Waals surface area contributed by atoms with Gasteiger partial charge in [-0.1, -0.05) is 41.5 Å². The van der Waals surface area contributed by atoms with Crippen molar-refractivity contribution in [3.05, 3.63) is 28.8 Å². The Balaban J connectivity index is 3.32. The number of carbonyl (C=O) groups is 1. The summed E-state index contributed by atoms with van der Waals surface area (Å²) in [5.41, 5.74) is 7.15. The largest absolute Gasteiger partial charge is 0.507 e. The molecule has 4 N–H and O–H groups in total. The first-order chi connectivity index (χ1) is 9.98. The molecule has 0 bridgehead atoms. The summed E-state index contributed by atoms with van der Waals surface area (Å²) in [5.74, 6) is 0.169. The molecule has 0 radical (unpaired) electrons. The molecule has 0 aliphatic carbocycles. The third-order valence-electron chi connectivity index (χ3n) is 3.65. The lowest BCUT2D eigenvalue weighted by molar-refractivity contribution is 0.0953. The van der Waals surface area contributed by atoms with Crippen molar-refractivity contribution in [1.29, 1.82) is 0 Å². The number of nitrogens with two attached hydrogens (primary N) is 1. The zero-order chi connectivity index (χ0) is 17.1. The molecule has 0 aliphatic rings. The number of hydrogen-bond donors (Lipinski definition) is 3. The van der Waals surface area contributed by atoms with E-state index < -0.39 is 0 Å². The first-order valence-corrected chi connectivity index (χ1v) is 7.84. The maximum Gasteiger partial charge on any atom is 0.251 e. The van der Waals surface area contributed by atoms with E-state index in [-0.39, 0.29) is 16.7 Å². The van der Waals surface area contributed by atoms with E-state index in [0.717, 1.165) is 17.5 Å². The number of carbonyl (C=O) groups excluding carboxylic acids is 1. The highest BCUT2D eigenvalue weighted by Crippen LogP contribution is 2.39. The van der Waals surface area contributed by atoms with Crippen molar-refractivity contribution in [1.82, 2.24) is 5.32 Å². The fourth-order valence-corrected chi connectivity index (χ4v) is 2.32. The Labute approximate surface area is 134 Å². The summed E-state index contributed by atoms with van der Waals surface area (Å²) in [6.07, 6.45) is 0.752. The van der Waals surface area contributed by atoms with Crippen LogP contribution in [0.15, 0.2) is 12.1 Å². The van der Waals surface area contributed by atoms with Crippen LogP contribution in [0.25, 0.3) is 0 Å². The van der Waals surface area contributed by atoms with Gasteiger partial charge in [-0.15, -0.1) is 0 Å². The van der Waals surface area contributed by atoms with Gasteiger partial charge in [-0.3, -0.25) is 4.79 Å². The highest BCUT2D eigenvalue weighted by Gasteiger charge is 2.27. The molecule has 0 spiro atoms. The summed E-state index contributed by atoms with van der Waals surface area (Å²) in [6.45, 7) is 13.3. The minimum atomic E-state index is -0.238. The monoisotopic (exact) mass is 306 g/mol. The number of hydrogen-bond acceptors (Lipinski definition) is 3. The minimum Gasteiger partial charge on any atom is -0.507 e. The molecule has 0 fully saturated rings. The van der Waals surface area contributed by atoms with Crippen molar-refractivity contribution in [2.75, 3.05) is 13.1 Å². The summed E-state index contributed by atoms with van der Waals surface area (Å²) in [4.78, 5) is 12.4. The van der Waals surface area contributed by atoms with Gasteiger partial charge in [0.15, 0.2) is 0 Å². The van der Waals surface area contributed by atoms with Gasteiger partial charge in [0.2, 0.25) is 0 Å². The molecule has 124 valence electrons. The van der Waals surface area contributed by atoms with E-state index in [1.807, 2.05) is 41.5 Å². The average molecular weight is 306 g/mol. The van der Waals surface area contributed by atoms with Crippen LogP contribution in [0.2, 0.25) is 0 Å². The number of aromatic hydroxyl groups is 1. The highest BCUT2D eigenvalue weighted by molar-refractivity contribution is 5.95. The quantitative estimate of drug-likeness (QED) is 0.748. The van der Waals surface area contributed by atoms with Crippen molar-refractivity contribution in [2.24, 2.45) is 5.73 Å². The number of nitrogens with one attached hydrogen (secondary N) is 1. The lowest BCUT2D eigenvalue weighted by atomic mass is 9.78. The Kier molecular flexibility index (Phi) is 5.63. The molecule has 0 aliphatic heterocycles. The van der Waals surface area contributed by atoms with Gasteiger partial charge in [0.25, 0.3) is 5.91 Å². The summed E-state index contributed by atoms with van der Waals surface area (Å²) in [7, 11) is 0. The topological polar surface area (TPSA) is 75.4 Å². The number of rotatable bonds is 4. The Morgan fingerprint density at radius 1 is 1.09 bits per heavy atom. The van der Waals surface area contributed by atoms with E-state index >= 15 is 0 Å². The second-order valence-electron chi connectivity index (χ2n) is 7.82. The molecule has 0 atom stereocenters. The van der Waals surface area contributed by atoms with E-state index in [1.165, 1.54) is 0 Å². The summed E-state index contributed by atoms with van der Waals surface area (Å²) in [5, 5.41) is 13.5. The molecule has 4 nitrogen and oxygen atoms in total. The minimum absolute atomic E-state index is 0.121. The standard InChI is InChI=1S/C18H30N2O2/c1-17(2,3)13-10-12(16(22)20-9-7-8-19)11-14(15(13)21)18(4,5)6/h10-11,21H,7-9,19H2,1-6H3,(H,20,22). The van der Waals surface area contributed by atoms with E-state index in [1.54, 1.807) is 12.1 Å². The van der Waals surface area contributed by atoms with Crippen molar-refractivity contribution in [2.45, 2.75) is 58.8 Å². The molecule has 0 unspecified atom stereocenters. The van der Waals surface area contributed by atoms with Crippen LogP contribution in [-0.2, 0) is 10.8 Å². The van der Waals surface area contributed by atoms with E-state index in [2.05, 4.69) is 5.32 Å². The third kappa shape index (κ3) is 4.47. The zero-order valence-electron chi connectivity index (χ0n) is 14.7. The fraction of sp³-hybridized carbons (Fsp3) is 0.611. The predicted molar refractivity (Wildman–Crippen MR) is 91.5 cm³/mol. The normalized spacial score (nSPS) is 12.3. The predicted octanol–water partition coefficient (Wildman–Crippen LogP) is 3.07. The van der Waals surface area contributed by atoms with Crippen molar-refractivity contribution in [3.63, 3.8) is 0 Å². The van der Waals surface area contributed by atoms with Crippen LogP contribution in [0.1, 0.15) is 69.4 Å². The summed E-state index contributed by atoms with van der Waals surface area (Å²) >= 11 is 0. The molecular formula is C18H30N2O2. The smallest absolute Gasteiger partial charge is 0.251 e. The fourth-order valence-electron chi connectivity index (χ4n) is 2.32. The molecule has 0 aromatic heterocycles. The van der Waals surface area contributed by atoms with E-state index in [4.69, 9.17) is 5.73 Å². The molecule has 1 aromatic rings. The second-order valence-corrected chi connectivity index (χ2v) is 7.82. The average Bonchev–Trinajstić information content (AvgIpc) is 2.36. The summed E-state index contributed by atoms with van der Waals surface area (Å²) in [6, 6.07) is 3.59. The van der Waals surface area contributed by atoms with Crippen LogP contribution in [0.5, 0.6) is 5.75 Å². The highest BCUT2D eigenvalue weighted by atomic mass is 16.3. The Hall–Kier alpha value is -1.55.